The third-order valence-corrected chi connectivity index (χ3v) is 4.07. The molecule has 0 saturated heterocycles. The van der Waals surface area contributed by atoms with Crippen LogP contribution in [-0.2, 0) is 4.79 Å². The summed E-state index contributed by atoms with van der Waals surface area (Å²) in [7, 11) is 1.46. The van der Waals surface area contributed by atoms with E-state index in [1.807, 2.05) is 24.3 Å². The molecular formula is C20H24N2O4. The minimum absolute atomic E-state index is 0.0364. The van der Waals surface area contributed by atoms with Crippen LogP contribution < -0.4 is 14.9 Å². The van der Waals surface area contributed by atoms with Crippen molar-refractivity contribution in [2.75, 3.05) is 13.7 Å². The summed E-state index contributed by atoms with van der Waals surface area (Å²) >= 11 is 0. The molecule has 0 heterocycles. The summed E-state index contributed by atoms with van der Waals surface area (Å²) in [4.78, 5) is 11.8. The monoisotopic (exact) mass is 356 g/mol. The molecule has 138 valence electrons. The van der Waals surface area contributed by atoms with Crippen molar-refractivity contribution < 1.29 is 19.4 Å². The second kappa shape index (κ2) is 9.46. The summed E-state index contributed by atoms with van der Waals surface area (Å²) in [6.07, 6.45) is 2.42. The molecule has 0 aliphatic rings. The fourth-order valence-corrected chi connectivity index (χ4v) is 2.29. The number of rotatable bonds is 8. The highest BCUT2D eigenvalue weighted by atomic mass is 16.5. The number of carbonyl (C=O) groups is 1. The molecule has 0 bridgehead atoms. The van der Waals surface area contributed by atoms with Crippen LogP contribution in [0.15, 0.2) is 47.6 Å². The number of phenols is 1. The maximum absolute atomic E-state index is 11.8. The number of nitrogens with one attached hydrogen (secondary N) is 1. The second-order valence-electron chi connectivity index (χ2n) is 5.86. The van der Waals surface area contributed by atoms with Gasteiger partial charge in [-0.1, -0.05) is 32.0 Å². The Kier molecular flexibility index (Phi) is 7.02. The number of hydrogen-bond donors (Lipinski definition) is 2. The summed E-state index contributed by atoms with van der Waals surface area (Å²) < 4.78 is 10.5. The Labute approximate surface area is 153 Å². The van der Waals surface area contributed by atoms with Crippen molar-refractivity contribution >= 4 is 12.1 Å². The topological polar surface area (TPSA) is 80.2 Å². The predicted octanol–water partition coefficient (Wildman–Crippen LogP) is 3.44. The number of nitrogens with zero attached hydrogens (tertiary/aromatic N) is 1. The van der Waals surface area contributed by atoms with Crippen LogP contribution in [0.1, 0.15) is 37.3 Å². The summed E-state index contributed by atoms with van der Waals surface area (Å²) in [5.74, 6) is 1.03. The third-order valence-electron chi connectivity index (χ3n) is 4.07. The van der Waals surface area contributed by atoms with Crippen molar-refractivity contribution in [2.24, 2.45) is 5.10 Å². The second-order valence-corrected chi connectivity index (χ2v) is 5.86. The van der Waals surface area contributed by atoms with E-state index in [0.29, 0.717) is 23.0 Å². The minimum atomic E-state index is -0.394. The average molecular weight is 356 g/mol. The molecule has 2 rings (SSSR count). The molecule has 0 fully saturated rings. The van der Waals surface area contributed by atoms with E-state index in [2.05, 4.69) is 24.4 Å². The zero-order chi connectivity index (χ0) is 18.9. The molecule has 0 radical (unpaired) electrons. The summed E-state index contributed by atoms with van der Waals surface area (Å²) in [6.45, 7) is 4.16. The van der Waals surface area contributed by atoms with E-state index in [1.165, 1.54) is 18.9 Å². The number of amides is 1. The molecular weight excluding hydrogens is 332 g/mol. The van der Waals surface area contributed by atoms with Crippen LogP contribution in [0, 0.1) is 0 Å². The number of carbonyl (C=O) groups excluding carboxylic acids is 1. The highest BCUT2D eigenvalue weighted by molar-refractivity contribution is 5.86. The Morgan fingerprint density at radius 3 is 2.65 bits per heavy atom. The lowest BCUT2D eigenvalue weighted by molar-refractivity contribution is -0.123. The molecule has 0 aliphatic heterocycles. The van der Waals surface area contributed by atoms with E-state index in [0.717, 1.165) is 6.42 Å². The Morgan fingerprint density at radius 1 is 1.27 bits per heavy atom. The third kappa shape index (κ3) is 5.24. The largest absolute Gasteiger partial charge is 0.504 e. The van der Waals surface area contributed by atoms with Crippen molar-refractivity contribution in [3.63, 3.8) is 0 Å². The fraction of sp³-hybridized carbons (Fsp3) is 0.300. The molecule has 6 heteroatoms. The Bertz CT molecular complexity index is 757. The van der Waals surface area contributed by atoms with Crippen LogP contribution in [-0.4, -0.2) is 30.9 Å². The van der Waals surface area contributed by atoms with E-state index in [-0.39, 0.29) is 12.4 Å². The molecule has 2 aromatic rings. The zero-order valence-corrected chi connectivity index (χ0v) is 15.2. The summed E-state index contributed by atoms with van der Waals surface area (Å²) in [5, 5.41) is 13.7. The van der Waals surface area contributed by atoms with E-state index in [4.69, 9.17) is 9.47 Å². The van der Waals surface area contributed by atoms with Gasteiger partial charge in [0.1, 0.15) is 5.75 Å². The van der Waals surface area contributed by atoms with Gasteiger partial charge in [-0.2, -0.15) is 5.10 Å². The van der Waals surface area contributed by atoms with Crippen LogP contribution in [0.4, 0.5) is 0 Å². The lowest BCUT2D eigenvalue weighted by Crippen LogP contribution is -2.24. The van der Waals surface area contributed by atoms with Gasteiger partial charge in [-0.3, -0.25) is 4.79 Å². The van der Waals surface area contributed by atoms with Crippen molar-refractivity contribution in [2.45, 2.75) is 26.2 Å². The van der Waals surface area contributed by atoms with Crippen LogP contribution in [0.5, 0.6) is 17.2 Å². The first-order valence-electron chi connectivity index (χ1n) is 8.45. The highest BCUT2D eigenvalue weighted by Gasteiger charge is 2.06. The number of ether oxygens (including phenoxy) is 2. The molecule has 0 aromatic heterocycles. The van der Waals surface area contributed by atoms with Gasteiger partial charge in [0.15, 0.2) is 18.1 Å². The van der Waals surface area contributed by atoms with E-state index >= 15 is 0 Å². The van der Waals surface area contributed by atoms with Crippen LogP contribution >= 0.6 is 0 Å². The van der Waals surface area contributed by atoms with Crippen molar-refractivity contribution in [3.05, 3.63) is 53.6 Å². The molecule has 2 N–H and O–H groups in total. The molecule has 1 amide bonds. The Hall–Kier alpha value is -3.02. The lowest BCUT2D eigenvalue weighted by atomic mass is 9.99. The molecule has 1 atom stereocenters. The molecule has 2 aromatic carbocycles. The van der Waals surface area contributed by atoms with Gasteiger partial charge in [-0.05, 0) is 42.2 Å². The standard InChI is InChI=1S/C20H24N2O4/c1-4-14(2)15-8-10-17(11-9-15)26-13-19(23)22-21-12-16-6-5-7-18(25-3)20(16)24/h5-12,14,24H,4,13H2,1-3H3,(H,22,23). The minimum Gasteiger partial charge on any atom is -0.504 e. The van der Waals surface area contributed by atoms with Gasteiger partial charge in [0, 0.05) is 5.56 Å². The van der Waals surface area contributed by atoms with E-state index in [9.17, 15) is 9.90 Å². The van der Waals surface area contributed by atoms with Gasteiger partial charge >= 0.3 is 0 Å². The molecule has 0 saturated carbocycles. The smallest absolute Gasteiger partial charge is 0.277 e. The number of hydrogen-bond acceptors (Lipinski definition) is 5. The number of para-hydroxylation sites is 1. The zero-order valence-electron chi connectivity index (χ0n) is 15.2. The number of phenolic OH excluding ortho intramolecular Hbond substituents is 1. The lowest BCUT2D eigenvalue weighted by Gasteiger charge is -2.10. The number of benzene rings is 2. The Morgan fingerprint density at radius 2 is 2.00 bits per heavy atom. The first-order chi connectivity index (χ1) is 12.5. The van der Waals surface area contributed by atoms with Crippen LogP contribution in [0.2, 0.25) is 0 Å². The van der Waals surface area contributed by atoms with Crippen molar-refractivity contribution in [1.82, 2.24) is 5.43 Å². The van der Waals surface area contributed by atoms with Crippen LogP contribution in [0.3, 0.4) is 0 Å². The Balaban J connectivity index is 1.84. The fourth-order valence-electron chi connectivity index (χ4n) is 2.29. The SMILES string of the molecule is CCC(C)c1ccc(OCC(=O)NN=Cc2cccc(OC)c2O)cc1. The first kappa shape index (κ1) is 19.3. The molecule has 6 nitrogen and oxygen atoms in total. The van der Waals surface area contributed by atoms with Gasteiger partial charge in [0.05, 0.1) is 13.3 Å². The molecule has 0 aliphatic carbocycles. The van der Waals surface area contributed by atoms with Crippen molar-refractivity contribution in [1.29, 1.82) is 0 Å². The molecule has 26 heavy (non-hydrogen) atoms. The van der Waals surface area contributed by atoms with Crippen molar-refractivity contribution in [3.8, 4) is 17.2 Å². The van der Waals surface area contributed by atoms with Gasteiger partial charge in [-0.25, -0.2) is 5.43 Å². The number of methoxy groups -OCH3 is 1. The average Bonchev–Trinajstić information content (AvgIpc) is 2.67. The maximum Gasteiger partial charge on any atom is 0.277 e. The normalized spacial score (nSPS) is 12.0. The van der Waals surface area contributed by atoms with Crippen LogP contribution in [0.25, 0.3) is 0 Å². The quantitative estimate of drug-likeness (QED) is 0.561. The van der Waals surface area contributed by atoms with Gasteiger partial charge in [-0.15, -0.1) is 0 Å². The number of aromatic hydroxyl groups is 1. The van der Waals surface area contributed by atoms with Gasteiger partial charge in [0.2, 0.25) is 0 Å². The van der Waals surface area contributed by atoms with E-state index in [1.54, 1.807) is 18.2 Å². The first-order valence-corrected chi connectivity index (χ1v) is 8.45. The maximum atomic E-state index is 11.8. The van der Waals surface area contributed by atoms with Gasteiger partial charge in [0.25, 0.3) is 5.91 Å². The highest BCUT2D eigenvalue weighted by Crippen LogP contribution is 2.27. The summed E-state index contributed by atoms with van der Waals surface area (Å²) in [6, 6.07) is 12.7. The summed E-state index contributed by atoms with van der Waals surface area (Å²) in [5.41, 5.74) is 4.04. The number of hydrazone groups is 1. The van der Waals surface area contributed by atoms with Gasteiger partial charge < -0.3 is 14.6 Å². The molecule has 0 spiro atoms. The van der Waals surface area contributed by atoms with E-state index < -0.39 is 5.91 Å². The predicted molar refractivity (Wildman–Crippen MR) is 101 cm³/mol. The molecule has 1 unspecified atom stereocenters.